The summed E-state index contributed by atoms with van der Waals surface area (Å²) in [7, 11) is 0. The maximum absolute atomic E-state index is 12.6. The average Bonchev–Trinajstić information content (AvgIpc) is 2.67. The maximum atomic E-state index is 12.6. The number of rotatable bonds is 4. The lowest BCUT2D eigenvalue weighted by Gasteiger charge is -2.30. The van der Waals surface area contributed by atoms with Gasteiger partial charge in [0.25, 0.3) is 11.8 Å². The summed E-state index contributed by atoms with van der Waals surface area (Å²) in [5.74, 6) is 0.207. The molecule has 26 heavy (non-hydrogen) atoms. The highest BCUT2D eigenvalue weighted by Crippen LogP contribution is 2.18. The summed E-state index contributed by atoms with van der Waals surface area (Å²) < 4.78 is 0. The van der Waals surface area contributed by atoms with E-state index in [0.29, 0.717) is 23.2 Å². The van der Waals surface area contributed by atoms with Crippen LogP contribution in [-0.2, 0) is 6.54 Å². The van der Waals surface area contributed by atoms with E-state index in [1.54, 1.807) is 24.3 Å². The second kappa shape index (κ2) is 8.32. The molecule has 1 aliphatic heterocycles. The van der Waals surface area contributed by atoms with Crippen molar-refractivity contribution in [2.75, 3.05) is 13.1 Å². The van der Waals surface area contributed by atoms with Crippen molar-refractivity contribution >= 4 is 23.4 Å². The third kappa shape index (κ3) is 4.41. The summed E-state index contributed by atoms with van der Waals surface area (Å²) in [5.41, 5.74) is 1.37. The number of hydrogen-bond donors (Lipinski definition) is 1. The van der Waals surface area contributed by atoms with Crippen molar-refractivity contribution in [3.63, 3.8) is 0 Å². The lowest BCUT2D eigenvalue weighted by molar-refractivity contribution is 0.0691. The van der Waals surface area contributed by atoms with Crippen molar-refractivity contribution in [1.82, 2.24) is 15.2 Å². The van der Waals surface area contributed by atoms with Gasteiger partial charge in [-0.2, -0.15) is 0 Å². The standard InChI is InChI=1S/C20H22ClN3O2/c1-14-9-11-24(12-10-14)20(26)18-8-4-7-17(23-18)19(25)22-13-15-5-2-3-6-16(15)21/h2-8,14H,9-13H2,1H3,(H,22,25). The normalized spacial score (nSPS) is 14.9. The molecule has 0 saturated carbocycles. The Morgan fingerprint density at radius 3 is 2.54 bits per heavy atom. The van der Waals surface area contributed by atoms with E-state index in [1.165, 1.54) is 0 Å². The Balaban J connectivity index is 1.65. The summed E-state index contributed by atoms with van der Waals surface area (Å²) in [6.45, 7) is 3.99. The van der Waals surface area contributed by atoms with Gasteiger partial charge in [-0.25, -0.2) is 4.98 Å². The summed E-state index contributed by atoms with van der Waals surface area (Å²) >= 11 is 6.10. The van der Waals surface area contributed by atoms with Crippen LogP contribution in [0.25, 0.3) is 0 Å². The molecule has 1 aromatic carbocycles. The van der Waals surface area contributed by atoms with Crippen LogP contribution in [0.5, 0.6) is 0 Å². The number of benzene rings is 1. The molecule has 6 heteroatoms. The molecule has 0 radical (unpaired) electrons. The van der Waals surface area contributed by atoms with E-state index >= 15 is 0 Å². The van der Waals surface area contributed by atoms with Gasteiger partial charge in [-0.3, -0.25) is 9.59 Å². The van der Waals surface area contributed by atoms with Crippen molar-refractivity contribution < 1.29 is 9.59 Å². The SMILES string of the molecule is CC1CCN(C(=O)c2cccc(C(=O)NCc3ccccc3Cl)n2)CC1. The van der Waals surface area contributed by atoms with Crippen molar-refractivity contribution in [2.24, 2.45) is 5.92 Å². The third-order valence-corrected chi connectivity index (χ3v) is 5.04. The van der Waals surface area contributed by atoms with Crippen LogP contribution in [0.2, 0.25) is 5.02 Å². The number of carbonyl (C=O) groups is 2. The fourth-order valence-corrected chi connectivity index (χ4v) is 3.16. The van der Waals surface area contributed by atoms with Crippen LogP contribution >= 0.6 is 11.6 Å². The number of carbonyl (C=O) groups excluding carboxylic acids is 2. The van der Waals surface area contributed by atoms with Crippen LogP contribution in [-0.4, -0.2) is 34.8 Å². The number of piperidine rings is 1. The first kappa shape index (κ1) is 18.4. The van der Waals surface area contributed by atoms with Gasteiger partial charge in [0.15, 0.2) is 0 Å². The summed E-state index contributed by atoms with van der Waals surface area (Å²) in [6, 6.07) is 12.3. The lowest BCUT2D eigenvalue weighted by Crippen LogP contribution is -2.38. The number of likely N-dealkylation sites (tertiary alicyclic amines) is 1. The first-order valence-electron chi connectivity index (χ1n) is 8.82. The van der Waals surface area contributed by atoms with Gasteiger partial charge in [0.05, 0.1) is 0 Å². The molecule has 136 valence electrons. The second-order valence-corrected chi connectivity index (χ2v) is 7.06. The predicted molar refractivity (Wildman–Crippen MR) is 101 cm³/mol. The number of pyridine rings is 1. The number of nitrogens with one attached hydrogen (secondary N) is 1. The smallest absolute Gasteiger partial charge is 0.272 e. The zero-order valence-corrected chi connectivity index (χ0v) is 15.5. The highest BCUT2D eigenvalue weighted by molar-refractivity contribution is 6.31. The van der Waals surface area contributed by atoms with Crippen LogP contribution < -0.4 is 5.32 Å². The van der Waals surface area contributed by atoms with Crippen LogP contribution in [0.1, 0.15) is 46.3 Å². The number of hydrogen-bond acceptors (Lipinski definition) is 3. The number of amides is 2. The van der Waals surface area contributed by atoms with Crippen LogP contribution in [0.15, 0.2) is 42.5 Å². The molecule has 3 rings (SSSR count). The molecule has 1 N–H and O–H groups in total. The first-order chi connectivity index (χ1) is 12.5. The Hall–Kier alpha value is -2.40. The van der Waals surface area contributed by atoms with Gasteiger partial charge in [0.2, 0.25) is 0 Å². The zero-order valence-electron chi connectivity index (χ0n) is 14.7. The van der Waals surface area contributed by atoms with E-state index in [-0.39, 0.29) is 17.5 Å². The van der Waals surface area contributed by atoms with E-state index in [0.717, 1.165) is 31.5 Å². The minimum Gasteiger partial charge on any atom is -0.347 e. The Morgan fingerprint density at radius 1 is 1.12 bits per heavy atom. The Morgan fingerprint density at radius 2 is 1.81 bits per heavy atom. The van der Waals surface area contributed by atoms with Gasteiger partial charge >= 0.3 is 0 Å². The fraction of sp³-hybridized carbons (Fsp3) is 0.350. The molecular formula is C20H22ClN3O2. The van der Waals surface area contributed by atoms with Crippen molar-refractivity contribution in [3.8, 4) is 0 Å². The highest BCUT2D eigenvalue weighted by Gasteiger charge is 2.23. The van der Waals surface area contributed by atoms with E-state index in [2.05, 4.69) is 17.2 Å². The van der Waals surface area contributed by atoms with Crippen molar-refractivity contribution in [2.45, 2.75) is 26.3 Å². The average molecular weight is 372 g/mol. The molecule has 0 spiro atoms. The van der Waals surface area contributed by atoms with Gasteiger partial charge in [-0.1, -0.05) is 42.8 Å². The Kier molecular flexibility index (Phi) is 5.89. The molecule has 1 fully saturated rings. The lowest BCUT2D eigenvalue weighted by atomic mass is 9.99. The van der Waals surface area contributed by atoms with Crippen LogP contribution in [0, 0.1) is 5.92 Å². The van der Waals surface area contributed by atoms with Crippen LogP contribution in [0.4, 0.5) is 0 Å². The fourth-order valence-electron chi connectivity index (χ4n) is 2.96. The Labute approximate surface area is 158 Å². The minimum absolute atomic E-state index is 0.113. The third-order valence-electron chi connectivity index (χ3n) is 4.67. The predicted octanol–water partition coefficient (Wildman–Crippen LogP) is 3.54. The zero-order chi connectivity index (χ0) is 18.5. The van der Waals surface area contributed by atoms with E-state index < -0.39 is 0 Å². The molecule has 1 saturated heterocycles. The van der Waals surface area contributed by atoms with Gasteiger partial charge in [-0.15, -0.1) is 0 Å². The monoisotopic (exact) mass is 371 g/mol. The van der Waals surface area contributed by atoms with Crippen molar-refractivity contribution in [1.29, 1.82) is 0 Å². The molecule has 5 nitrogen and oxygen atoms in total. The van der Waals surface area contributed by atoms with Gasteiger partial charge in [-0.05, 0) is 42.5 Å². The second-order valence-electron chi connectivity index (χ2n) is 6.66. The quantitative estimate of drug-likeness (QED) is 0.894. The summed E-state index contributed by atoms with van der Waals surface area (Å²) in [5, 5.41) is 3.40. The molecule has 1 aromatic heterocycles. The topological polar surface area (TPSA) is 62.3 Å². The maximum Gasteiger partial charge on any atom is 0.272 e. The molecule has 0 aliphatic carbocycles. The molecular weight excluding hydrogens is 350 g/mol. The number of aromatic nitrogens is 1. The van der Waals surface area contributed by atoms with Gasteiger partial charge in [0, 0.05) is 24.7 Å². The minimum atomic E-state index is -0.327. The molecule has 1 aliphatic rings. The molecule has 2 amide bonds. The number of nitrogens with zero attached hydrogens (tertiary/aromatic N) is 2. The molecule has 0 atom stereocenters. The van der Waals surface area contributed by atoms with E-state index in [4.69, 9.17) is 11.6 Å². The van der Waals surface area contributed by atoms with Crippen LogP contribution in [0.3, 0.4) is 0 Å². The van der Waals surface area contributed by atoms with E-state index in [1.807, 2.05) is 23.1 Å². The Bertz CT molecular complexity index is 801. The molecule has 0 unspecified atom stereocenters. The number of halogens is 1. The summed E-state index contributed by atoms with van der Waals surface area (Å²) in [6.07, 6.45) is 2.01. The molecule has 2 aromatic rings. The highest BCUT2D eigenvalue weighted by atomic mass is 35.5. The summed E-state index contributed by atoms with van der Waals surface area (Å²) in [4.78, 5) is 31.1. The van der Waals surface area contributed by atoms with Gasteiger partial charge in [0.1, 0.15) is 11.4 Å². The van der Waals surface area contributed by atoms with E-state index in [9.17, 15) is 9.59 Å². The van der Waals surface area contributed by atoms with Gasteiger partial charge < -0.3 is 10.2 Å². The molecule has 0 bridgehead atoms. The largest absolute Gasteiger partial charge is 0.347 e. The molecule has 2 heterocycles. The van der Waals surface area contributed by atoms with Crippen molar-refractivity contribution in [3.05, 3.63) is 64.4 Å². The first-order valence-corrected chi connectivity index (χ1v) is 9.20.